The Bertz CT molecular complexity index is 669. The van der Waals surface area contributed by atoms with E-state index in [9.17, 15) is 19.8 Å². The average Bonchev–Trinajstić information content (AvgIpc) is 2.58. The standard InChI is InChI=1S/C15H23N5O4.C2H4O2/c16-11(2-1-7-19-15(17)18)13(22)20-12(14(23)24)8-9-3-5-10(21)6-4-9;1-2(3)4/h3-6,11-12,21H,1-2,7-8,16H2,(H,20,22)(H,23,24)(H4,17,18,19);1H3,(H,3,4)/t11-,12-;/m0./s1. The van der Waals surface area contributed by atoms with Crippen LogP contribution < -0.4 is 22.5 Å². The Morgan fingerprint density at radius 2 is 1.68 bits per heavy atom. The molecule has 0 aliphatic heterocycles. The summed E-state index contributed by atoms with van der Waals surface area (Å²) in [5, 5.41) is 28.3. The molecule has 0 heterocycles. The van der Waals surface area contributed by atoms with Crippen molar-refractivity contribution >= 4 is 23.8 Å². The molecule has 2 atom stereocenters. The number of carbonyl (C=O) groups is 3. The highest BCUT2D eigenvalue weighted by Crippen LogP contribution is 2.11. The Hall–Kier alpha value is -3.34. The summed E-state index contributed by atoms with van der Waals surface area (Å²) in [6.45, 7) is 1.43. The molecule has 1 amide bonds. The third-order valence-electron chi connectivity index (χ3n) is 3.30. The Morgan fingerprint density at radius 1 is 1.14 bits per heavy atom. The van der Waals surface area contributed by atoms with Gasteiger partial charge in [-0.15, -0.1) is 0 Å². The van der Waals surface area contributed by atoms with Gasteiger partial charge in [-0.25, -0.2) is 4.79 Å². The molecule has 1 aromatic rings. The highest BCUT2D eigenvalue weighted by atomic mass is 16.4. The number of nitrogens with one attached hydrogen (secondary N) is 1. The third kappa shape index (κ3) is 12.1. The minimum Gasteiger partial charge on any atom is -0.508 e. The molecule has 28 heavy (non-hydrogen) atoms. The van der Waals surface area contributed by atoms with Crippen LogP contribution >= 0.6 is 0 Å². The lowest BCUT2D eigenvalue weighted by atomic mass is 10.0. The van der Waals surface area contributed by atoms with E-state index in [0.29, 0.717) is 24.9 Å². The monoisotopic (exact) mass is 397 g/mol. The lowest BCUT2D eigenvalue weighted by Crippen LogP contribution is -2.49. The average molecular weight is 397 g/mol. The fraction of sp³-hybridized carbons (Fsp3) is 0.412. The Labute approximate surface area is 162 Å². The summed E-state index contributed by atoms with van der Waals surface area (Å²) in [7, 11) is 0. The number of aliphatic imine (C=N–C) groups is 1. The summed E-state index contributed by atoms with van der Waals surface area (Å²) < 4.78 is 0. The van der Waals surface area contributed by atoms with Crippen LogP contribution in [0.5, 0.6) is 5.75 Å². The van der Waals surface area contributed by atoms with E-state index in [1.807, 2.05) is 0 Å². The van der Waals surface area contributed by atoms with Gasteiger partial charge in [-0.05, 0) is 30.5 Å². The maximum Gasteiger partial charge on any atom is 0.326 e. The number of rotatable bonds is 9. The molecule has 156 valence electrons. The molecule has 1 aromatic carbocycles. The summed E-state index contributed by atoms with van der Waals surface area (Å²) in [6, 6.07) is 4.13. The molecule has 0 spiro atoms. The zero-order chi connectivity index (χ0) is 21.7. The van der Waals surface area contributed by atoms with Gasteiger partial charge >= 0.3 is 5.97 Å². The maximum absolute atomic E-state index is 12.0. The van der Waals surface area contributed by atoms with Crippen LogP contribution in [0, 0.1) is 0 Å². The minimum absolute atomic E-state index is 0.0344. The number of carbonyl (C=O) groups excluding carboxylic acids is 1. The molecule has 0 aliphatic rings. The van der Waals surface area contributed by atoms with Gasteiger partial charge in [0, 0.05) is 19.9 Å². The van der Waals surface area contributed by atoms with Crippen LogP contribution in [0.2, 0.25) is 0 Å². The molecular formula is C17H27N5O6. The number of amides is 1. The first-order valence-corrected chi connectivity index (χ1v) is 8.34. The maximum atomic E-state index is 12.0. The van der Waals surface area contributed by atoms with Gasteiger partial charge in [-0.2, -0.15) is 0 Å². The van der Waals surface area contributed by atoms with E-state index in [4.69, 9.17) is 27.1 Å². The molecule has 0 radical (unpaired) electrons. The smallest absolute Gasteiger partial charge is 0.326 e. The Balaban J connectivity index is 0.00000165. The van der Waals surface area contributed by atoms with E-state index in [1.165, 1.54) is 12.1 Å². The van der Waals surface area contributed by atoms with Crippen molar-refractivity contribution < 1.29 is 29.7 Å². The number of phenols is 1. The van der Waals surface area contributed by atoms with Gasteiger partial charge in [0.25, 0.3) is 5.97 Å². The van der Waals surface area contributed by atoms with Gasteiger partial charge in [-0.1, -0.05) is 12.1 Å². The molecule has 0 unspecified atom stereocenters. The van der Waals surface area contributed by atoms with Crippen molar-refractivity contribution in [3.8, 4) is 5.75 Å². The summed E-state index contributed by atoms with van der Waals surface area (Å²) >= 11 is 0. The number of benzene rings is 1. The van der Waals surface area contributed by atoms with Gasteiger partial charge in [0.2, 0.25) is 5.91 Å². The van der Waals surface area contributed by atoms with Gasteiger partial charge < -0.3 is 37.8 Å². The Morgan fingerprint density at radius 3 is 2.14 bits per heavy atom. The summed E-state index contributed by atoms with van der Waals surface area (Å²) in [4.78, 5) is 36.1. The topological polar surface area (TPSA) is 214 Å². The molecule has 0 aromatic heterocycles. The first kappa shape index (κ1) is 24.7. The van der Waals surface area contributed by atoms with Crippen molar-refractivity contribution in [1.29, 1.82) is 0 Å². The van der Waals surface area contributed by atoms with Crippen molar-refractivity contribution in [2.45, 2.75) is 38.3 Å². The predicted molar refractivity (Wildman–Crippen MR) is 103 cm³/mol. The number of phenolic OH excluding ortho intramolecular Hbond substituents is 1. The van der Waals surface area contributed by atoms with Crippen molar-refractivity contribution in [3.05, 3.63) is 29.8 Å². The van der Waals surface area contributed by atoms with Crippen LogP contribution in [-0.2, 0) is 20.8 Å². The molecule has 0 saturated heterocycles. The number of guanidine groups is 1. The molecule has 10 N–H and O–H groups in total. The minimum atomic E-state index is -1.16. The third-order valence-corrected chi connectivity index (χ3v) is 3.30. The zero-order valence-corrected chi connectivity index (χ0v) is 15.5. The number of nitrogens with zero attached hydrogens (tertiary/aromatic N) is 1. The number of carboxylic acid groups (broad SMARTS) is 2. The molecule has 11 heteroatoms. The van der Waals surface area contributed by atoms with E-state index < -0.39 is 29.9 Å². The molecule has 0 saturated carbocycles. The van der Waals surface area contributed by atoms with Crippen LogP contribution in [-0.4, -0.2) is 57.8 Å². The van der Waals surface area contributed by atoms with E-state index in [2.05, 4.69) is 10.3 Å². The summed E-state index contributed by atoms with van der Waals surface area (Å²) in [5.41, 5.74) is 16.8. The summed E-state index contributed by atoms with van der Waals surface area (Å²) in [6.07, 6.45) is 0.915. The van der Waals surface area contributed by atoms with Crippen LogP contribution in [0.1, 0.15) is 25.3 Å². The van der Waals surface area contributed by atoms with E-state index in [1.54, 1.807) is 12.1 Å². The highest BCUT2D eigenvalue weighted by molar-refractivity contribution is 5.86. The molecule has 11 nitrogen and oxygen atoms in total. The van der Waals surface area contributed by atoms with E-state index >= 15 is 0 Å². The Kier molecular flexibility index (Phi) is 11.4. The van der Waals surface area contributed by atoms with Gasteiger partial charge in [0.05, 0.1) is 6.04 Å². The van der Waals surface area contributed by atoms with Gasteiger partial charge in [0.15, 0.2) is 5.96 Å². The number of hydrogen-bond acceptors (Lipinski definition) is 6. The fourth-order valence-corrected chi connectivity index (χ4v) is 2.00. The molecule has 0 aliphatic carbocycles. The van der Waals surface area contributed by atoms with Crippen LogP contribution in [0.4, 0.5) is 0 Å². The quantitative estimate of drug-likeness (QED) is 0.154. The zero-order valence-electron chi connectivity index (χ0n) is 15.5. The number of carboxylic acids is 2. The number of aromatic hydroxyl groups is 1. The second-order valence-electron chi connectivity index (χ2n) is 5.84. The lowest BCUT2D eigenvalue weighted by Gasteiger charge is -2.18. The van der Waals surface area contributed by atoms with Crippen molar-refractivity contribution in [2.24, 2.45) is 22.2 Å². The van der Waals surface area contributed by atoms with Crippen LogP contribution in [0.15, 0.2) is 29.3 Å². The highest BCUT2D eigenvalue weighted by Gasteiger charge is 2.23. The lowest BCUT2D eigenvalue weighted by molar-refractivity contribution is -0.142. The van der Waals surface area contributed by atoms with Gasteiger partial charge in [-0.3, -0.25) is 14.6 Å². The fourth-order valence-electron chi connectivity index (χ4n) is 2.00. The largest absolute Gasteiger partial charge is 0.508 e. The number of aliphatic carboxylic acids is 2. The van der Waals surface area contributed by atoms with Crippen LogP contribution in [0.3, 0.4) is 0 Å². The van der Waals surface area contributed by atoms with Gasteiger partial charge in [0.1, 0.15) is 11.8 Å². The SMILES string of the molecule is CC(=O)O.NC(N)=NCCC[C@H](N)C(=O)N[C@@H](Cc1ccc(O)cc1)C(=O)O. The van der Waals surface area contributed by atoms with E-state index in [-0.39, 0.29) is 18.1 Å². The normalized spacial score (nSPS) is 11.9. The first-order valence-electron chi connectivity index (χ1n) is 8.34. The van der Waals surface area contributed by atoms with Crippen molar-refractivity contribution in [1.82, 2.24) is 5.32 Å². The van der Waals surface area contributed by atoms with Crippen molar-refractivity contribution in [3.63, 3.8) is 0 Å². The summed E-state index contributed by atoms with van der Waals surface area (Å²) in [5.74, 6) is -2.50. The predicted octanol–water partition coefficient (Wildman–Crippen LogP) is -1.02. The van der Waals surface area contributed by atoms with Crippen LogP contribution in [0.25, 0.3) is 0 Å². The second-order valence-corrected chi connectivity index (χ2v) is 5.84. The second kappa shape index (κ2) is 12.9. The molecule has 0 bridgehead atoms. The number of nitrogens with two attached hydrogens (primary N) is 3. The molecular weight excluding hydrogens is 370 g/mol. The first-order chi connectivity index (χ1) is 13.0. The molecule has 0 fully saturated rings. The van der Waals surface area contributed by atoms with Crippen molar-refractivity contribution in [2.75, 3.05) is 6.54 Å². The molecule has 1 rings (SSSR count). The van der Waals surface area contributed by atoms with E-state index in [0.717, 1.165) is 6.92 Å². The number of hydrogen-bond donors (Lipinski definition) is 7.